The quantitative estimate of drug-likeness (QED) is 0.824. The minimum absolute atomic E-state index is 0.0431. The van der Waals surface area contributed by atoms with Crippen LogP contribution < -0.4 is 5.32 Å². The van der Waals surface area contributed by atoms with Crippen LogP contribution >= 0.6 is 11.8 Å². The van der Waals surface area contributed by atoms with Crippen molar-refractivity contribution in [3.63, 3.8) is 0 Å². The van der Waals surface area contributed by atoms with Gasteiger partial charge in [0.15, 0.2) is 0 Å². The average molecular weight is 271 g/mol. The van der Waals surface area contributed by atoms with E-state index in [1.165, 1.54) is 0 Å². The molecule has 0 radical (unpaired) electrons. The smallest absolute Gasteiger partial charge is 0.329 e. The molecule has 2 N–H and O–H groups in total. The monoisotopic (exact) mass is 271 g/mol. The van der Waals surface area contributed by atoms with E-state index in [0.29, 0.717) is 18.8 Å². The molecule has 3 atom stereocenters. The minimum atomic E-state index is -1.02. The summed E-state index contributed by atoms with van der Waals surface area (Å²) in [6, 6.07) is 0. The Bertz CT molecular complexity index is 341. The lowest BCUT2D eigenvalue weighted by atomic mass is 9.76. The lowest BCUT2D eigenvalue weighted by Gasteiger charge is -2.37. The standard InChI is InChI=1S/C13H21NO3S/c1-9-4-2-6-13(8-9,12(16)17)14-11(15)10-5-3-7-18-10/h9-10H,2-8H2,1H3,(H,14,15)(H,16,17). The molecule has 1 aliphatic heterocycles. The molecule has 1 saturated heterocycles. The van der Waals surface area contributed by atoms with Gasteiger partial charge in [-0.3, -0.25) is 4.79 Å². The Morgan fingerprint density at radius 3 is 2.67 bits per heavy atom. The van der Waals surface area contributed by atoms with Gasteiger partial charge in [-0.05, 0) is 37.4 Å². The van der Waals surface area contributed by atoms with Crippen LogP contribution in [0.4, 0.5) is 0 Å². The average Bonchev–Trinajstić information content (AvgIpc) is 2.82. The van der Waals surface area contributed by atoms with E-state index in [2.05, 4.69) is 12.2 Å². The molecule has 0 aromatic heterocycles. The van der Waals surface area contributed by atoms with Crippen molar-refractivity contribution in [3.8, 4) is 0 Å². The summed E-state index contributed by atoms with van der Waals surface area (Å²) in [5.74, 6) is 0.431. The third kappa shape index (κ3) is 2.82. The second kappa shape index (κ2) is 5.51. The van der Waals surface area contributed by atoms with E-state index >= 15 is 0 Å². The highest BCUT2D eigenvalue weighted by Crippen LogP contribution is 2.34. The molecule has 4 nitrogen and oxygen atoms in total. The number of thioether (sulfide) groups is 1. The van der Waals surface area contributed by atoms with Gasteiger partial charge >= 0.3 is 5.97 Å². The molecule has 18 heavy (non-hydrogen) atoms. The van der Waals surface area contributed by atoms with E-state index in [0.717, 1.165) is 31.4 Å². The number of aliphatic carboxylic acids is 1. The van der Waals surface area contributed by atoms with Crippen molar-refractivity contribution in [2.24, 2.45) is 5.92 Å². The van der Waals surface area contributed by atoms with Crippen molar-refractivity contribution in [1.29, 1.82) is 0 Å². The number of hydrogen-bond donors (Lipinski definition) is 2. The maximum Gasteiger partial charge on any atom is 0.329 e. The van der Waals surface area contributed by atoms with Crippen LogP contribution in [0.5, 0.6) is 0 Å². The fourth-order valence-electron chi connectivity index (χ4n) is 3.01. The van der Waals surface area contributed by atoms with Crippen molar-refractivity contribution in [2.75, 3.05) is 5.75 Å². The first-order valence-electron chi connectivity index (χ1n) is 6.70. The predicted octanol–water partition coefficient (Wildman–Crippen LogP) is 2.03. The number of carbonyl (C=O) groups is 2. The Morgan fingerprint density at radius 1 is 1.33 bits per heavy atom. The molecule has 1 aliphatic carbocycles. The molecule has 2 fully saturated rings. The summed E-state index contributed by atoms with van der Waals surface area (Å²) >= 11 is 1.65. The number of nitrogens with one attached hydrogen (secondary N) is 1. The minimum Gasteiger partial charge on any atom is -0.480 e. The first-order valence-corrected chi connectivity index (χ1v) is 7.75. The first-order chi connectivity index (χ1) is 8.53. The fourth-order valence-corrected chi connectivity index (χ4v) is 4.17. The van der Waals surface area contributed by atoms with Crippen LogP contribution in [0.2, 0.25) is 0 Å². The Hall–Kier alpha value is -0.710. The van der Waals surface area contributed by atoms with Gasteiger partial charge in [-0.25, -0.2) is 4.79 Å². The summed E-state index contributed by atoms with van der Waals surface area (Å²) in [6.07, 6.45) is 5.00. The number of carboxylic acids is 1. The molecule has 1 amide bonds. The lowest BCUT2D eigenvalue weighted by molar-refractivity contribution is -0.150. The first kappa shape index (κ1) is 13.7. The predicted molar refractivity (Wildman–Crippen MR) is 71.6 cm³/mol. The van der Waals surface area contributed by atoms with Crippen LogP contribution in [0.25, 0.3) is 0 Å². The third-order valence-corrected chi connectivity index (χ3v) is 5.37. The molecule has 1 saturated carbocycles. The SMILES string of the molecule is CC1CCCC(NC(=O)C2CCCS2)(C(=O)O)C1. The van der Waals surface area contributed by atoms with Gasteiger partial charge in [0, 0.05) is 0 Å². The maximum absolute atomic E-state index is 12.1. The normalized spacial score (nSPS) is 36.3. The molecule has 0 bridgehead atoms. The van der Waals surface area contributed by atoms with Crippen molar-refractivity contribution < 1.29 is 14.7 Å². The number of carboxylic acid groups (broad SMARTS) is 1. The highest BCUT2D eigenvalue weighted by molar-refractivity contribution is 8.00. The van der Waals surface area contributed by atoms with Crippen molar-refractivity contribution in [1.82, 2.24) is 5.32 Å². The highest BCUT2D eigenvalue weighted by atomic mass is 32.2. The molecule has 3 unspecified atom stereocenters. The van der Waals surface area contributed by atoms with Gasteiger partial charge < -0.3 is 10.4 Å². The van der Waals surface area contributed by atoms with Gasteiger partial charge in [0.2, 0.25) is 5.91 Å². The van der Waals surface area contributed by atoms with Gasteiger partial charge in [-0.1, -0.05) is 19.8 Å². The van der Waals surface area contributed by atoms with Crippen molar-refractivity contribution in [3.05, 3.63) is 0 Å². The van der Waals surface area contributed by atoms with Gasteiger partial charge in [0.25, 0.3) is 0 Å². The van der Waals surface area contributed by atoms with Crippen LogP contribution in [0, 0.1) is 5.92 Å². The summed E-state index contributed by atoms with van der Waals surface area (Å²) in [7, 11) is 0. The lowest BCUT2D eigenvalue weighted by Crippen LogP contribution is -2.58. The summed E-state index contributed by atoms with van der Waals surface area (Å²) in [5.41, 5.74) is -1.02. The molecule has 5 heteroatoms. The molecular weight excluding hydrogens is 250 g/mol. The van der Waals surface area contributed by atoms with Crippen LogP contribution in [-0.4, -0.2) is 33.5 Å². The number of carbonyl (C=O) groups excluding carboxylic acids is 1. The van der Waals surface area contributed by atoms with E-state index < -0.39 is 11.5 Å². The summed E-state index contributed by atoms with van der Waals surface area (Å²) < 4.78 is 0. The van der Waals surface area contributed by atoms with Gasteiger partial charge in [-0.15, -0.1) is 11.8 Å². The summed E-state index contributed by atoms with van der Waals surface area (Å²) in [5, 5.41) is 12.3. The molecule has 0 aromatic carbocycles. The second-order valence-corrected chi connectivity index (χ2v) is 6.89. The zero-order valence-corrected chi connectivity index (χ0v) is 11.6. The molecular formula is C13H21NO3S. The largest absolute Gasteiger partial charge is 0.480 e. The summed E-state index contributed by atoms with van der Waals surface area (Å²) in [4.78, 5) is 23.7. The van der Waals surface area contributed by atoms with Crippen LogP contribution in [0.3, 0.4) is 0 Å². The third-order valence-electron chi connectivity index (χ3n) is 3.99. The Morgan fingerprint density at radius 2 is 2.11 bits per heavy atom. The Labute approximate surface area is 112 Å². The topological polar surface area (TPSA) is 66.4 Å². The second-order valence-electron chi connectivity index (χ2n) is 5.58. The fraction of sp³-hybridized carbons (Fsp3) is 0.846. The van der Waals surface area contributed by atoms with E-state index in [-0.39, 0.29) is 11.2 Å². The Kier molecular flexibility index (Phi) is 4.20. The number of hydrogen-bond acceptors (Lipinski definition) is 3. The zero-order valence-electron chi connectivity index (χ0n) is 10.8. The van der Waals surface area contributed by atoms with E-state index in [9.17, 15) is 14.7 Å². The molecule has 0 spiro atoms. The van der Waals surface area contributed by atoms with Gasteiger partial charge in [0.1, 0.15) is 5.54 Å². The molecule has 102 valence electrons. The van der Waals surface area contributed by atoms with Gasteiger partial charge in [-0.2, -0.15) is 0 Å². The van der Waals surface area contributed by atoms with E-state index in [1.807, 2.05) is 0 Å². The number of rotatable bonds is 3. The number of amides is 1. The summed E-state index contributed by atoms with van der Waals surface area (Å²) in [6.45, 7) is 2.06. The Balaban J connectivity index is 2.05. The molecule has 1 heterocycles. The van der Waals surface area contributed by atoms with Crippen molar-refractivity contribution >= 4 is 23.6 Å². The maximum atomic E-state index is 12.1. The zero-order chi connectivity index (χ0) is 13.2. The molecule has 2 aliphatic rings. The molecule has 0 aromatic rings. The van der Waals surface area contributed by atoms with Crippen LogP contribution in [0.1, 0.15) is 45.4 Å². The van der Waals surface area contributed by atoms with E-state index in [1.54, 1.807) is 11.8 Å². The van der Waals surface area contributed by atoms with E-state index in [4.69, 9.17) is 0 Å². The van der Waals surface area contributed by atoms with Crippen LogP contribution in [0.15, 0.2) is 0 Å². The highest BCUT2D eigenvalue weighted by Gasteiger charge is 2.44. The van der Waals surface area contributed by atoms with Gasteiger partial charge in [0.05, 0.1) is 5.25 Å². The van der Waals surface area contributed by atoms with Crippen molar-refractivity contribution in [2.45, 2.75) is 56.2 Å². The molecule has 2 rings (SSSR count). The van der Waals surface area contributed by atoms with Crippen LogP contribution in [-0.2, 0) is 9.59 Å².